The molecule has 4 heteroatoms. The van der Waals surface area contributed by atoms with Gasteiger partial charge in [0.25, 0.3) is 0 Å². The molecule has 3 nitrogen and oxygen atoms in total. The van der Waals surface area contributed by atoms with Crippen molar-refractivity contribution in [3.05, 3.63) is 35.2 Å². The molecule has 108 valence electrons. The Labute approximate surface area is 118 Å². The van der Waals surface area contributed by atoms with Crippen LogP contribution in [0.1, 0.15) is 50.0 Å². The average Bonchev–Trinajstić information content (AvgIpc) is 2.32. The number of benzene rings is 1. The number of carbonyl (C=O) groups is 1. The molecule has 0 aromatic heterocycles. The lowest BCUT2D eigenvalue weighted by Gasteiger charge is -2.43. The smallest absolute Gasteiger partial charge is 0.338 e. The van der Waals surface area contributed by atoms with E-state index in [0.29, 0.717) is 0 Å². The molecular weight excluding hydrogens is 257 g/mol. The molecule has 1 aromatic rings. The van der Waals surface area contributed by atoms with E-state index in [-0.39, 0.29) is 11.1 Å². The van der Waals surface area contributed by atoms with Gasteiger partial charge in [-0.1, -0.05) is 13.0 Å². The van der Waals surface area contributed by atoms with E-state index in [4.69, 9.17) is 5.11 Å². The zero-order valence-electron chi connectivity index (χ0n) is 12.3. The number of carboxylic acids is 1. The van der Waals surface area contributed by atoms with Crippen LogP contribution in [-0.4, -0.2) is 23.2 Å². The normalized spacial score (nSPS) is 16.6. The number of nitrogens with zero attached hydrogens (tertiary/aromatic N) is 1. The first-order valence-electron chi connectivity index (χ1n) is 6.82. The molecule has 1 aromatic carbocycles. The van der Waals surface area contributed by atoms with Gasteiger partial charge in [-0.2, -0.15) is 0 Å². The number of carboxylic acid groups (broad SMARTS) is 1. The molecule has 0 spiro atoms. The van der Waals surface area contributed by atoms with Crippen LogP contribution in [0.5, 0.6) is 0 Å². The van der Waals surface area contributed by atoms with Crippen LogP contribution in [-0.2, 0) is 0 Å². The minimum Gasteiger partial charge on any atom is -0.478 e. The Kier molecular flexibility index (Phi) is 3.59. The van der Waals surface area contributed by atoms with E-state index in [2.05, 4.69) is 31.7 Å². The summed E-state index contributed by atoms with van der Waals surface area (Å²) in [6.07, 6.45) is 3.05. The van der Waals surface area contributed by atoms with Crippen LogP contribution in [0.15, 0.2) is 18.2 Å². The Hall–Kier alpha value is -1.84. The summed E-state index contributed by atoms with van der Waals surface area (Å²) in [7, 11) is 0. The van der Waals surface area contributed by atoms with Crippen molar-refractivity contribution in [1.29, 1.82) is 0 Å². The maximum absolute atomic E-state index is 14.0. The molecule has 0 saturated carbocycles. The summed E-state index contributed by atoms with van der Waals surface area (Å²) in [4.78, 5) is 13.2. The fourth-order valence-electron chi connectivity index (χ4n) is 2.89. The monoisotopic (exact) mass is 277 g/mol. The van der Waals surface area contributed by atoms with Crippen molar-refractivity contribution >= 4 is 17.2 Å². The molecule has 0 amide bonds. The Morgan fingerprint density at radius 1 is 1.40 bits per heavy atom. The van der Waals surface area contributed by atoms with Crippen LogP contribution in [0, 0.1) is 5.82 Å². The van der Waals surface area contributed by atoms with Crippen LogP contribution >= 0.6 is 0 Å². The molecule has 0 bridgehead atoms. The highest BCUT2D eigenvalue weighted by Crippen LogP contribution is 2.40. The maximum Gasteiger partial charge on any atom is 0.338 e. The van der Waals surface area contributed by atoms with Crippen molar-refractivity contribution < 1.29 is 14.3 Å². The highest BCUT2D eigenvalue weighted by atomic mass is 19.1. The fourth-order valence-corrected chi connectivity index (χ4v) is 2.89. The topological polar surface area (TPSA) is 40.5 Å². The lowest BCUT2D eigenvalue weighted by atomic mass is 9.87. The highest BCUT2D eigenvalue weighted by molar-refractivity contribution is 5.92. The molecule has 1 aliphatic heterocycles. The van der Waals surface area contributed by atoms with E-state index in [9.17, 15) is 9.18 Å². The van der Waals surface area contributed by atoms with Gasteiger partial charge in [-0.3, -0.25) is 0 Å². The molecule has 1 heterocycles. The number of allylic oxidation sites excluding steroid dienone is 1. The quantitative estimate of drug-likeness (QED) is 0.909. The van der Waals surface area contributed by atoms with E-state index in [0.717, 1.165) is 29.8 Å². The summed E-state index contributed by atoms with van der Waals surface area (Å²) in [5.74, 6) is -1.91. The second-order valence-corrected chi connectivity index (χ2v) is 5.79. The van der Waals surface area contributed by atoms with Crippen molar-refractivity contribution in [2.75, 3.05) is 11.4 Å². The second-order valence-electron chi connectivity index (χ2n) is 5.79. The van der Waals surface area contributed by atoms with Crippen molar-refractivity contribution in [2.45, 2.75) is 39.7 Å². The number of anilines is 1. The summed E-state index contributed by atoms with van der Waals surface area (Å²) in [5.41, 5.74) is 2.09. The van der Waals surface area contributed by atoms with Crippen LogP contribution in [0.2, 0.25) is 0 Å². The summed E-state index contributed by atoms with van der Waals surface area (Å²) in [6, 6.07) is 2.80. The van der Waals surface area contributed by atoms with E-state index >= 15 is 0 Å². The molecule has 0 fully saturated rings. The SMILES string of the molecule is CCCN1c2cc(F)c(C(=O)O)cc2C(C)=CC1(C)C. The number of hydrogen-bond acceptors (Lipinski definition) is 2. The summed E-state index contributed by atoms with van der Waals surface area (Å²) >= 11 is 0. The van der Waals surface area contributed by atoms with Gasteiger partial charge in [0.2, 0.25) is 0 Å². The van der Waals surface area contributed by atoms with Crippen molar-refractivity contribution in [3.8, 4) is 0 Å². The third-order valence-corrected chi connectivity index (χ3v) is 3.74. The zero-order chi connectivity index (χ0) is 15.1. The maximum atomic E-state index is 14.0. The predicted octanol–water partition coefficient (Wildman–Crippen LogP) is 3.94. The Morgan fingerprint density at radius 3 is 2.60 bits per heavy atom. The van der Waals surface area contributed by atoms with Crippen LogP contribution < -0.4 is 4.90 Å². The molecule has 0 radical (unpaired) electrons. The van der Waals surface area contributed by atoms with Crippen molar-refractivity contribution in [3.63, 3.8) is 0 Å². The fraction of sp³-hybridized carbons (Fsp3) is 0.438. The van der Waals surface area contributed by atoms with Crippen LogP contribution in [0.4, 0.5) is 10.1 Å². The van der Waals surface area contributed by atoms with Crippen molar-refractivity contribution in [2.24, 2.45) is 0 Å². The third kappa shape index (κ3) is 2.30. The van der Waals surface area contributed by atoms with Crippen LogP contribution in [0.3, 0.4) is 0 Å². The van der Waals surface area contributed by atoms with E-state index in [1.165, 1.54) is 12.1 Å². The van der Waals surface area contributed by atoms with Gasteiger partial charge in [0, 0.05) is 17.8 Å². The lowest BCUT2D eigenvalue weighted by molar-refractivity contribution is 0.0692. The van der Waals surface area contributed by atoms with Gasteiger partial charge in [-0.05, 0) is 44.9 Å². The molecule has 0 aliphatic carbocycles. The van der Waals surface area contributed by atoms with E-state index < -0.39 is 11.8 Å². The van der Waals surface area contributed by atoms with Gasteiger partial charge in [-0.15, -0.1) is 0 Å². The minimum atomic E-state index is -1.23. The Morgan fingerprint density at radius 2 is 2.05 bits per heavy atom. The molecule has 0 unspecified atom stereocenters. The predicted molar refractivity (Wildman–Crippen MR) is 78.7 cm³/mol. The largest absolute Gasteiger partial charge is 0.478 e. The number of rotatable bonds is 3. The van der Waals surface area contributed by atoms with Gasteiger partial charge >= 0.3 is 5.97 Å². The van der Waals surface area contributed by atoms with Gasteiger partial charge in [0.15, 0.2) is 0 Å². The van der Waals surface area contributed by atoms with Gasteiger partial charge in [0.1, 0.15) is 5.82 Å². The Balaban J connectivity index is 2.66. The average molecular weight is 277 g/mol. The number of aromatic carboxylic acids is 1. The molecular formula is C16H20FNO2. The van der Waals surface area contributed by atoms with Gasteiger partial charge < -0.3 is 10.0 Å². The van der Waals surface area contributed by atoms with Gasteiger partial charge in [0.05, 0.1) is 11.1 Å². The van der Waals surface area contributed by atoms with E-state index in [1.807, 2.05) is 6.92 Å². The second kappa shape index (κ2) is 4.93. The first-order chi connectivity index (χ1) is 9.27. The molecule has 0 atom stereocenters. The summed E-state index contributed by atoms with van der Waals surface area (Å²) in [6.45, 7) is 8.97. The molecule has 0 saturated heterocycles. The Bertz CT molecular complexity index is 590. The standard InChI is InChI=1S/C16H20FNO2/c1-5-6-18-14-8-13(17)12(15(19)20)7-11(14)10(2)9-16(18,3)4/h7-9H,5-6H2,1-4H3,(H,19,20). The summed E-state index contributed by atoms with van der Waals surface area (Å²) in [5, 5.41) is 9.05. The molecule has 20 heavy (non-hydrogen) atoms. The summed E-state index contributed by atoms with van der Waals surface area (Å²) < 4.78 is 14.0. The lowest BCUT2D eigenvalue weighted by Crippen LogP contribution is -2.45. The van der Waals surface area contributed by atoms with Crippen LogP contribution in [0.25, 0.3) is 5.57 Å². The molecule has 2 rings (SSSR count). The highest BCUT2D eigenvalue weighted by Gasteiger charge is 2.32. The first-order valence-corrected chi connectivity index (χ1v) is 6.82. The van der Waals surface area contributed by atoms with Gasteiger partial charge in [-0.25, -0.2) is 9.18 Å². The van der Waals surface area contributed by atoms with Crippen molar-refractivity contribution in [1.82, 2.24) is 0 Å². The minimum absolute atomic E-state index is 0.204. The van der Waals surface area contributed by atoms with E-state index in [1.54, 1.807) is 0 Å². The molecule has 1 aliphatic rings. The number of halogens is 1. The number of fused-ring (bicyclic) bond motifs is 1. The zero-order valence-corrected chi connectivity index (χ0v) is 12.3. The number of hydrogen-bond donors (Lipinski definition) is 1. The first kappa shape index (κ1) is 14.6. The third-order valence-electron chi connectivity index (χ3n) is 3.74. The molecule has 1 N–H and O–H groups in total.